The molecule has 0 saturated heterocycles. The van der Waals surface area contributed by atoms with Gasteiger partial charge in [-0.2, -0.15) is 0 Å². The Bertz CT molecular complexity index is 313. The van der Waals surface area contributed by atoms with Crippen molar-refractivity contribution in [3.05, 3.63) is 34.9 Å². The smallest absolute Gasteiger partial charge is 0.0381 e. The van der Waals surface area contributed by atoms with Crippen molar-refractivity contribution in [2.24, 2.45) is 5.73 Å². The Hall–Kier alpha value is -0.820. The summed E-state index contributed by atoms with van der Waals surface area (Å²) in [5, 5.41) is 0. The predicted octanol–water partition coefficient (Wildman–Crippen LogP) is 3.28. The van der Waals surface area contributed by atoms with Crippen molar-refractivity contribution in [3.63, 3.8) is 0 Å². The molecule has 0 aliphatic heterocycles. The first-order valence-electron chi connectivity index (χ1n) is 5.34. The van der Waals surface area contributed by atoms with Crippen LogP contribution in [0, 0.1) is 13.8 Å². The third-order valence-electron chi connectivity index (χ3n) is 2.94. The van der Waals surface area contributed by atoms with Crippen LogP contribution in [0.15, 0.2) is 18.2 Å². The molecule has 0 radical (unpaired) electrons. The van der Waals surface area contributed by atoms with Crippen LogP contribution in [-0.4, -0.2) is 0 Å². The van der Waals surface area contributed by atoms with E-state index in [1.165, 1.54) is 16.7 Å². The number of rotatable bonds is 3. The molecular weight excluding hydrogens is 170 g/mol. The summed E-state index contributed by atoms with van der Waals surface area (Å²) in [6.45, 7) is 8.56. The van der Waals surface area contributed by atoms with E-state index in [1.807, 2.05) is 0 Å². The van der Waals surface area contributed by atoms with Crippen LogP contribution in [0.3, 0.4) is 0 Å². The lowest BCUT2D eigenvalue weighted by Crippen LogP contribution is -2.32. The first-order valence-corrected chi connectivity index (χ1v) is 5.34. The molecule has 1 rings (SSSR count). The fourth-order valence-corrected chi connectivity index (χ4v) is 1.76. The van der Waals surface area contributed by atoms with Gasteiger partial charge >= 0.3 is 0 Å². The SMILES string of the molecule is CCCC(C)(N)c1ccc(C)c(C)c1. The molecular formula is C13H21N. The van der Waals surface area contributed by atoms with Gasteiger partial charge in [-0.05, 0) is 43.9 Å². The summed E-state index contributed by atoms with van der Waals surface area (Å²) < 4.78 is 0. The number of benzene rings is 1. The zero-order valence-electron chi connectivity index (χ0n) is 9.72. The molecule has 1 heteroatoms. The van der Waals surface area contributed by atoms with Crippen LogP contribution in [0.5, 0.6) is 0 Å². The summed E-state index contributed by atoms with van der Waals surface area (Å²) in [7, 11) is 0. The molecule has 1 atom stereocenters. The molecule has 0 aromatic heterocycles. The van der Waals surface area contributed by atoms with Crippen LogP contribution in [0.4, 0.5) is 0 Å². The lowest BCUT2D eigenvalue weighted by molar-refractivity contribution is 0.446. The molecule has 0 aliphatic rings. The van der Waals surface area contributed by atoms with Gasteiger partial charge < -0.3 is 5.73 Å². The second-order valence-electron chi connectivity index (χ2n) is 4.47. The maximum absolute atomic E-state index is 6.27. The Kier molecular flexibility index (Phi) is 3.33. The average Bonchev–Trinajstić information content (AvgIpc) is 2.09. The van der Waals surface area contributed by atoms with Crippen molar-refractivity contribution >= 4 is 0 Å². The fourth-order valence-electron chi connectivity index (χ4n) is 1.76. The molecule has 14 heavy (non-hydrogen) atoms. The summed E-state index contributed by atoms with van der Waals surface area (Å²) in [6.07, 6.45) is 2.16. The molecule has 0 aliphatic carbocycles. The minimum Gasteiger partial charge on any atom is -0.322 e. The van der Waals surface area contributed by atoms with Crippen molar-refractivity contribution in [3.8, 4) is 0 Å². The number of hydrogen-bond donors (Lipinski definition) is 1. The molecule has 0 fully saturated rings. The average molecular weight is 191 g/mol. The van der Waals surface area contributed by atoms with Gasteiger partial charge in [0.15, 0.2) is 0 Å². The van der Waals surface area contributed by atoms with Gasteiger partial charge in [0.1, 0.15) is 0 Å². The topological polar surface area (TPSA) is 26.0 Å². The Labute approximate surface area is 87.3 Å². The molecule has 1 unspecified atom stereocenters. The first-order chi connectivity index (χ1) is 6.47. The number of nitrogens with two attached hydrogens (primary N) is 1. The molecule has 2 N–H and O–H groups in total. The molecule has 0 saturated carbocycles. The second-order valence-corrected chi connectivity index (χ2v) is 4.47. The van der Waals surface area contributed by atoms with E-state index in [-0.39, 0.29) is 5.54 Å². The molecule has 0 spiro atoms. The van der Waals surface area contributed by atoms with E-state index in [0.29, 0.717) is 0 Å². The van der Waals surface area contributed by atoms with Gasteiger partial charge in [-0.15, -0.1) is 0 Å². The highest BCUT2D eigenvalue weighted by atomic mass is 14.7. The van der Waals surface area contributed by atoms with Crippen LogP contribution in [0.1, 0.15) is 43.4 Å². The van der Waals surface area contributed by atoms with Crippen molar-refractivity contribution < 1.29 is 0 Å². The lowest BCUT2D eigenvalue weighted by Gasteiger charge is -2.25. The number of aryl methyl sites for hydroxylation is 2. The summed E-state index contributed by atoms with van der Waals surface area (Å²) in [4.78, 5) is 0. The monoisotopic (exact) mass is 191 g/mol. The molecule has 78 valence electrons. The zero-order valence-corrected chi connectivity index (χ0v) is 9.72. The van der Waals surface area contributed by atoms with Gasteiger partial charge in [0, 0.05) is 5.54 Å². The van der Waals surface area contributed by atoms with E-state index in [4.69, 9.17) is 5.73 Å². The Morgan fingerprint density at radius 2 is 1.86 bits per heavy atom. The Morgan fingerprint density at radius 1 is 1.21 bits per heavy atom. The molecule has 0 heterocycles. The highest BCUT2D eigenvalue weighted by Gasteiger charge is 2.19. The first kappa shape index (κ1) is 11.3. The Morgan fingerprint density at radius 3 is 2.36 bits per heavy atom. The van der Waals surface area contributed by atoms with Gasteiger partial charge in [0.05, 0.1) is 0 Å². The third kappa shape index (κ3) is 2.36. The van der Waals surface area contributed by atoms with E-state index in [0.717, 1.165) is 12.8 Å². The minimum absolute atomic E-state index is 0.173. The van der Waals surface area contributed by atoms with Gasteiger partial charge in [-0.25, -0.2) is 0 Å². The van der Waals surface area contributed by atoms with E-state index in [2.05, 4.69) is 45.9 Å². The summed E-state index contributed by atoms with van der Waals surface area (Å²) in [5.74, 6) is 0. The third-order valence-corrected chi connectivity index (χ3v) is 2.94. The Balaban J connectivity index is 3.01. The standard InChI is InChI=1S/C13H21N/c1-5-8-13(4,14)12-7-6-10(2)11(3)9-12/h6-7,9H,5,8,14H2,1-4H3. The maximum atomic E-state index is 6.27. The van der Waals surface area contributed by atoms with Gasteiger partial charge in [0.2, 0.25) is 0 Å². The summed E-state index contributed by atoms with van der Waals surface area (Å²) in [6, 6.07) is 6.52. The van der Waals surface area contributed by atoms with E-state index in [9.17, 15) is 0 Å². The molecule has 0 amide bonds. The van der Waals surface area contributed by atoms with Crippen molar-refractivity contribution in [1.82, 2.24) is 0 Å². The van der Waals surface area contributed by atoms with Crippen LogP contribution >= 0.6 is 0 Å². The minimum atomic E-state index is -0.173. The maximum Gasteiger partial charge on any atom is 0.0381 e. The second kappa shape index (κ2) is 4.14. The van der Waals surface area contributed by atoms with Crippen molar-refractivity contribution in [2.75, 3.05) is 0 Å². The highest BCUT2D eigenvalue weighted by molar-refractivity contribution is 5.33. The summed E-state index contributed by atoms with van der Waals surface area (Å²) in [5.41, 5.74) is 10.0. The highest BCUT2D eigenvalue weighted by Crippen LogP contribution is 2.24. The van der Waals surface area contributed by atoms with Crippen molar-refractivity contribution in [1.29, 1.82) is 0 Å². The van der Waals surface area contributed by atoms with E-state index < -0.39 is 0 Å². The van der Waals surface area contributed by atoms with Gasteiger partial charge in [-0.1, -0.05) is 31.5 Å². The van der Waals surface area contributed by atoms with Gasteiger partial charge in [0.25, 0.3) is 0 Å². The summed E-state index contributed by atoms with van der Waals surface area (Å²) >= 11 is 0. The largest absolute Gasteiger partial charge is 0.322 e. The lowest BCUT2D eigenvalue weighted by atomic mass is 9.87. The molecule has 1 aromatic rings. The van der Waals surface area contributed by atoms with E-state index in [1.54, 1.807) is 0 Å². The predicted molar refractivity (Wildman–Crippen MR) is 62.4 cm³/mol. The van der Waals surface area contributed by atoms with Crippen LogP contribution in [0.25, 0.3) is 0 Å². The van der Waals surface area contributed by atoms with Crippen LogP contribution in [0.2, 0.25) is 0 Å². The van der Waals surface area contributed by atoms with Crippen LogP contribution in [-0.2, 0) is 5.54 Å². The number of hydrogen-bond acceptors (Lipinski definition) is 1. The van der Waals surface area contributed by atoms with E-state index >= 15 is 0 Å². The molecule has 1 aromatic carbocycles. The fraction of sp³-hybridized carbons (Fsp3) is 0.538. The van der Waals surface area contributed by atoms with Crippen molar-refractivity contribution in [2.45, 2.75) is 46.1 Å². The zero-order chi connectivity index (χ0) is 10.8. The molecule has 1 nitrogen and oxygen atoms in total. The van der Waals surface area contributed by atoms with Gasteiger partial charge in [-0.3, -0.25) is 0 Å². The quantitative estimate of drug-likeness (QED) is 0.779. The molecule has 0 bridgehead atoms. The van der Waals surface area contributed by atoms with Crippen LogP contribution < -0.4 is 5.73 Å². The normalized spacial score (nSPS) is 15.2.